The molecule has 2 aromatic rings. The number of hydrogen-bond donors (Lipinski definition) is 3. The summed E-state index contributed by atoms with van der Waals surface area (Å²) in [5.74, 6) is -1.78. The van der Waals surface area contributed by atoms with Gasteiger partial charge in [0.25, 0.3) is 5.91 Å². The molecule has 130 valence electrons. The fourth-order valence-electron chi connectivity index (χ4n) is 2.25. The summed E-state index contributed by atoms with van der Waals surface area (Å²) in [6.45, 7) is 1.39. The Kier molecular flexibility index (Phi) is 6.51. The van der Waals surface area contributed by atoms with Gasteiger partial charge in [-0.1, -0.05) is 12.1 Å². The number of rotatable bonds is 6. The average molecular weight is 452 g/mol. The van der Waals surface area contributed by atoms with Crippen molar-refractivity contribution in [3.05, 3.63) is 63.2 Å². The average Bonchev–Trinajstić information content (AvgIpc) is 2.54. The summed E-state index contributed by atoms with van der Waals surface area (Å²) in [5, 5.41) is 14.5. The molecule has 0 aliphatic rings. The van der Waals surface area contributed by atoms with E-state index in [9.17, 15) is 19.5 Å². The first-order chi connectivity index (χ1) is 11.8. The van der Waals surface area contributed by atoms with E-state index >= 15 is 0 Å². The SMILES string of the molecule is CC(=O)Nc1ccc(C(=O)N[C@H](Cc2cccc(I)c2)C(=O)O)cc1. The van der Waals surface area contributed by atoms with Crippen molar-refractivity contribution in [2.75, 3.05) is 5.32 Å². The largest absolute Gasteiger partial charge is 0.480 e. The van der Waals surface area contributed by atoms with Crippen LogP contribution in [-0.2, 0) is 16.0 Å². The molecule has 0 unspecified atom stereocenters. The van der Waals surface area contributed by atoms with Gasteiger partial charge in [0.05, 0.1) is 0 Å². The van der Waals surface area contributed by atoms with Crippen LogP contribution >= 0.6 is 22.6 Å². The van der Waals surface area contributed by atoms with Crippen molar-refractivity contribution >= 4 is 46.1 Å². The van der Waals surface area contributed by atoms with Crippen molar-refractivity contribution in [1.29, 1.82) is 0 Å². The minimum absolute atomic E-state index is 0.196. The van der Waals surface area contributed by atoms with Gasteiger partial charge in [0.2, 0.25) is 5.91 Å². The van der Waals surface area contributed by atoms with Crippen LogP contribution in [0.15, 0.2) is 48.5 Å². The first-order valence-corrected chi connectivity index (χ1v) is 8.59. The van der Waals surface area contributed by atoms with Crippen LogP contribution in [0.5, 0.6) is 0 Å². The highest BCUT2D eigenvalue weighted by Gasteiger charge is 2.21. The van der Waals surface area contributed by atoms with Crippen molar-refractivity contribution in [2.45, 2.75) is 19.4 Å². The van der Waals surface area contributed by atoms with E-state index in [0.717, 1.165) is 9.13 Å². The number of hydrogen-bond acceptors (Lipinski definition) is 3. The maximum absolute atomic E-state index is 12.3. The molecule has 2 aromatic carbocycles. The zero-order chi connectivity index (χ0) is 18.4. The lowest BCUT2D eigenvalue weighted by Gasteiger charge is -2.15. The van der Waals surface area contributed by atoms with Crippen LogP contribution in [-0.4, -0.2) is 28.9 Å². The smallest absolute Gasteiger partial charge is 0.326 e. The maximum atomic E-state index is 12.3. The molecule has 0 saturated heterocycles. The Morgan fingerprint density at radius 2 is 1.80 bits per heavy atom. The second kappa shape index (κ2) is 8.61. The highest BCUT2D eigenvalue weighted by Crippen LogP contribution is 2.12. The molecular weight excluding hydrogens is 435 g/mol. The van der Waals surface area contributed by atoms with E-state index < -0.39 is 17.9 Å². The van der Waals surface area contributed by atoms with Gasteiger partial charge in [-0.3, -0.25) is 9.59 Å². The van der Waals surface area contributed by atoms with Gasteiger partial charge < -0.3 is 15.7 Å². The normalized spacial score (nSPS) is 11.4. The van der Waals surface area contributed by atoms with Gasteiger partial charge in [0, 0.05) is 28.2 Å². The lowest BCUT2D eigenvalue weighted by Crippen LogP contribution is -2.42. The van der Waals surface area contributed by atoms with Gasteiger partial charge in [-0.25, -0.2) is 4.79 Å². The predicted molar refractivity (Wildman–Crippen MR) is 102 cm³/mol. The van der Waals surface area contributed by atoms with Gasteiger partial charge in [-0.15, -0.1) is 0 Å². The lowest BCUT2D eigenvalue weighted by molar-refractivity contribution is -0.139. The van der Waals surface area contributed by atoms with Crippen LogP contribution in [0.2, 0.25) is 0 Å². The fourth-order valence-corrected chi connectivity index (χ4v) is 2.86. The Morgan fingerprint density at radius 3 is 2.36 bits per heavy atom. The molecule has 6 nitrogen and oxygen atoms in total. The monoisotopic (exact) mass is 452 g/mol. The van der Waals surface area contributed by atoms with Gasteiger partial charge >= 0.3 is 5.97 Å². The summed E-state index contributed by atoms with van der Waals surface area (Å²) >= 11 is 2.15. The van der Waals surface area contributed by atoms with Crippen LogP contribution in [0.3, 0.4) is 0 Å². The summed E-state index contributed by atoms with van der Waals surface area (Å²) < 4.78 is 0.999. The lowest BCUT2D eigenvalue weighted by atomic mass is 10.1. The Balaban J connectivity index is 2.07. The molecule has 7 heteroatoms. The predicted octanol–water partition coefficient (Wildman–Crippen LogP) is 2.68. The van der Waals surface area contributed by atoms with E-state index in [1.165, 1.54) is 19.1 Å². The van der Waals surface area contributed by atoms with Crippen LogP contribution < -0.4 is 10.6 Å². The van der Waals surface area contributed by atoms with Crippen molar-refractivity contribution in [3.63, 3.8) is 0 Å². The Morgan fingerprint density at radius 1 is 1.12 bits per heavy atom. The third kappa shape index (κ3) is 5.86. The number of anilines is 1. The van der Waals surface area contributed by atoms with Gasteiger partial charge in [0.1, 0.15) is 6.04 Å². The fraction of sp³-hybridized carbons (Fsp3) is 0.167. The molecule has 0 spiro atoms. The minimum atomic E-state index is -1.10. The summed E-state index contributed by atoms with van der Waals surface area (Å²) in [4.78, 5) is 34.7. The number of carboxylic acids is 1. The van der Waals surface area contributed by atoms with Gasteiger partial charge in [-0.05, 0) is 64.6 Å². The minimum Gasteiger partial charge on any atom is -0.480 e. The molecule has 1 atom stereocenters. The van der Waals surface area contributed by atoms with Crippen molar-refractivity contribution in [3.8, 4) is 0 Å². The maximum Gasteiger partial charge on any atom is 0.326 e. The molecule has 0 aliphatic carbocycles. The molecule has 0 fully saturated rings. The second-order valence-corrected chi connectivity index (χ2v) is 6.70. The number of carbonyl (C=O) groups is 3. The van der Waals surface area contributed by atoms with Gasteiger partial charge in [0.15, 0.2) is 0 Å². The zero-order valence-electron chi connectivity index (χ0n) is 13.5. The summed E-state index contributed by atoms with van der Waals surface area (Å²) in [6, 6.07) is 12.7. The standard InChI is InChI=1S/C18H17IN2O4/c1-11(22)20-15-7-5-13(6-8-15)17(23)21-16(18(24)25)10-12-3-2-4-14(19)9-12/h2-9,16H,10H2,1H3,(H,20,22)(H,21,23)(H,24,25)/t16-/m1/s1. The first-order valence-electron chi connectivity index (χ1n) is 7.51. The third-order valence-electron chi connectivity index (χ3n) is 3.40. The number of halogens is 1. The molecule has 3 N–H and O–H groups in total. The molecule has 0 aromatic heterocycles. The number of nitrogens with one attached hydrogen (secondary N) is 2. The molecule has 0 radical (unpaired) electrons. The van der Waals surface area contributed by atoms with Crippen molar-refractivity contribution < 1.29 is 19.5 Å². The molecule has 25 heavy (non-hydrogen) atoms. The van der Waals surface area contributed by atoms with E-state index in [1.54, 1.807) is 12.1 Å². The van der Waals surface area contributed by atoms with Crippen molar-refractivity contribution in [2.24, 2.45) is 0 Å². The molecule has 0 bridgehead atoms. The molecule has 2 rings (SSSR count). The molecule has 0 heterocycles. The second-order valence-electron chi connectivity index (χ2n) is 5.46. The summed E-state index contributed by atoms with van der Waals surface area (Å²) in [7, 11) is 0. The van der Waals surface area contributed by atoms with E-state index in [4.69, 9.17) is 0 Å². The molecule has 0 saturated carbocycles. The van der Waals surface area contributed by atoms with E-state index in [-0.39, 0.29) is 12.3 Å². The Bertz CT molecular complexity index is 790. The van der Waals surface area contributed by atoms with Crippen LogP contribution in [0.1, 0.15) is 22.8 Å². The number of aliphatic carboxylic acids is 1. The number of benzene rings is 2. The highest BCUT2D eigenvalue weighted by atomic mass is 127. The van der Waals surface area contributed by atoms with Crippen molar-refractivity contribution in [1.82, 2.24) is 5.32 Å². The zero-order valence-corrected chi connectivity index (χ0v) is 15.6. The topological polar surface area (TPSA) is 95.5 Å². The van der Waals surface area contributed by atoms with E-state index in [0.29, 0.717) is 11.3 Å². The summed E-state index contributed by atoms with van der Waals surface area (Å²) in [5.41, 5.74) is 1.72. The summed E-state index contributed by atoms with van der Waals surface area (Å²) in [6.07, 6.45) is 0.196. The van der Waals surface area contributed by atoms with Crippen LogP contribution in [0.25, 0.3) is 0 Å². The number of carboxylic acid groups (broad SMARTS) is 1. The Hall–Kier alpha value is -2.42. The van der Waals surface area contributed by atoms with Crippen LogP contribution in [0, 0.1) is 3.57 Å². The molecule has 0 aliphatic heterocycles. The molecular formula is C18H17IN2O4. The highest BCUT2D eigenvalue weighted by molar-refractivity contribution is 14.1. The number of carbonyl (C=O) groups excluding carboxylic acids is 2. The Labute approximate surface area is 158 Å². The van der Waals surface area contributed by atoms with Crippen LogP contribution in [0.4, 0.5) is 5.69 Å². The first kappa shape index (κ1) is 18.9. The quantitative estimate of drug-likeness (QED) is 0.588. The third-order valence-corrected chi connectivity index (χ3v) is 4.07. The van der Waals surface area contributed by atoms with E-state index in [1.807, 2.05) is 24.3 Å². The van der Waals surface area contributed by atoms with E-state index in [2.05, 4.69) is 33.2 Å². The van der Waals surface area contributed by atoms with Gasteiger partial charge in [-0.2, -0.15) is 0 Å². The number of amides is 2. The molecule has 2 amide bonds.